The zero-order valence-corrected chi connectivity index (χ0v) is 12.5. The molecule has 0 spiro atoms. The molecule has 1 amide bonds. The highest BCUT2D eigenvalue weighted by molar-refractivity contribution is 6.28. The summed E-state index contributed by atoms with van der Waals surface area (Å²) in [4.78, 5) is 21.2. The van der Waals surface area contributed by atoms with Gasteiger partial charge in [-0.15, -0.1) is 0 Å². The Balaban J connectivity index is 1.71. The van der Waals surface area contributed by atoms with E-state index in [4.69, 9.17) is 11.6 Å². The van der Waals surface area contributed by atoms with Crippen molar-refractivity contribution in [2.75, 3.05) is 13.1 Å². The molecule has 3 rings (SSSR count). The van der Waals surface area contributed by atoms with Crippen molar-refractivity contribution in [2.24, 2.45) is 0 Å². The van der Waals surface area contributed by atoms with Crippen LogP contribution in [0.15, 0.2) is 24.8 Å². The highest BCUT2D eigenvalue weighted by atomic mass is 35.5. The predicted octanol–water partition coefficient (Wildman–Crippen LogP) is 2.18. The van der Waals surface area contributed by atoms with Gasteiger partial charge in [0.25, 0.3) is 0 Å². The molecule has 7 heteroatoms. The number of halogens is 1. The largest absolute Gasteiger partial charge is 0.343 e. The van der Waals surface area contributed by atoms with Crippen molar-refractivity contribution in [1.82, 2.24) is 24.6 Å². The summed E-state index contributed by atoms with van der Waals surface area (Å²) in [5, 5.41) is 4.67. The minimum Gasteiger partial charge on any atom is -0.343 e. The fraction of sp³-hybridized carbons (Fsp3) is 0.429. The van der Waals surface area contributed by atoms with Gasteiger partial charge in [0.15, 0.2) is 0 Å². The van der Waals surface area contributed by atoms with Crippen molar-refractivity contribution in [3.63, 3.8) is 0 Å². The molecule has 1 aliphatic rings. The van der Waals surface area contributed by atoms with E-state index in [9.17, 15) is 4.79 Å². The molecule has 0 saturated carbocycles. The monoisotopic (exact) mass is 305 g/mol. The molecule has 0 unspecified atom stereocenters. The Kier molecular flexibility index (Phi) is 3.88. The summed E-state index contributed by atoms with van der Waals surface area (Å²) in [6.45, 7) is 3.20. The molecule has 2 aromatic rings. The summed E-state index contributed by atoms with van der Waals surface area (Å²) in [6, 6.07) is 0.336. The fourth-order valence-corrected chi connectivity index (χ4v) is 2.69. The molecule has 0 aromatic carbocycles. The Bertz CT molecular complexity index is 631. The molecule has 1 aliphatic heterocycles. The third-order valence-electron chi connectivity index (χ3n) is 3.84. The third kappa shape index (κ3) is 3.05. The number of aromatic nitrogens is 4. The molecule has 0 bridgehead atoms. The number of hydrogen-bond donors (Lipinski definition) is 0. The number of nitrogens with zero attached hydrogens (tertiary/aromatic N) is 5. The lowest BCUT2D eigenvalue weighted by Crippen LogP contribution is -2.37. The summed E-state index contributed by atoms with van der Waals surface area (Å²) >= 11 is 5.69. The second-order valence-electron chi connectivity index (χ2n) is 5.19. The topological polar surface area (TPSA) is 63.9 Å². The van der Waals surface area contributed by atoms with E-state index in [-0.39, 0.29) is 11.2 Å². The van der Waals surface area contributed by atoms with Crippen LogP contribution in [0.5, 0.6) is 0 Å². The van der Waals surface area contributed by atoms with Crippen LogP contribution in [0.3, 0.4) is 0 Å². The smallest absolute Gasteiger partial charge is 0.222 e. The first-order valence-corrected chi connectivity index (χ1v) is 7.29. The van der Waals surface area contributed by atoms with Gasteiger partial charge in [-0.3, -0.25) is 9.48 Å². The standard InChI is InChI=1S/C14H16ClN5O/c1-10(21)19-4-2-13(3-5-19)20-9-12(8-18-20)11-6-16-14(15)17-7-11/h6-9,13H,2-5H2,1H3. The molecular weight excluding hydrogens is 290 g/mol. The Hall–Kier alpha value is -1.95. The van der Waals surface area contributed by atoms with Crippen molar-refractivity contribution in [2.45, 2.75) is 25.8 Å². The maximum Gasteiger partial charge on any atom is 0.222 e. The summed E-state index contributed by atoms with van der Waals surface area (Å²) in [5.74, 6) is 0.146. The van der Waals surface area contributed by atoms with Crippen molar-refractivity contribution in [3.8, 4) is 11.1 Å². The quantitative estimate of drug-likeness (QED) is 0.798. The van der Waals surface area contributed by atoms with Crippen molar-refractivity contribution < 1.29 is 4.79 Å². The van der Waals surface area contributed by atoms with E-state index in [0.29, 0.717) is 6.04 Å². The maximum atomic E-state index is 11.3. The van der Waals surface area contributed by atoms with E-state index in [2.05, 4.69) is 15.1 Å². The lowest BCUT2D eigenvalue weighted by Gasteiger charge is -2.31. The van der Waals surface area contributed by atoms with Crippen LogP contribution in [0.1, 0.15) is 25.8 Å². The Morgan fingerprint density at radius 3 is 2.48 bits per heavy atom. The normalized spacial score (nSPS) is 16.2. The highest BCUT2D eigenvalue weighted by Gasteiger charge is 2.22. The van der Waals surface area contributed by atoms with Crippen LogP contribution in [-0.4, -0.2) is 43.6 Å². The molecule has 0 atom stereocenters. The second kappa shape index (κ2) is 5.81. The van der Waals surface area contributed by atoms with Gasteiger partial charge in [-0.1, -0.05) is 0 Å². The van der Waals surface area contributed by atoms with E-state index in [1.807, 2.05) is 22.0 Å². The van der Waals surface area contributed by atoms with Crippen LogP contribution in [0.4, 0.5) is 0 Å². The van der Waals surface area contributed by atoms with E-state index < -0.39 is 0 Å². The molecule has 3 heterocycles. The molecule has 0 N–H and O–H groups in total. The lowest BCUT2D eigenvalue weighted by atomic mass is 10.1. The average Bonchev–Trinajstić information content (AvgIpc) is 2.98. The van der Waals surface area contributed by atoms with Crippen LogP contribution >= 0.6 is 11.6 Å². The van der Waals surface area contributed by atoms with E-state index in [0.717, 1.165) is 37.1 Å². The number of likely N-dealkylation sites (tertiary alicyclic amines) is 1. The van der Waals surface area contributed by atoms with E-state index in [1.165, 1.54) is 0 Å². The van der Waals surface area contributed by atoms with Crippen LogP contribution < -0.4 is 0 Å². The van der Waals surface area contributed by atoms with Gasteiger partial charge in [0.1, 0.15) is 0 Å². The van der Waals surface area contributed by atoms with Crippen LogP contribution in [0, 0.1) is 0 Å². The number of amides is 1. The lowest BCUT2D eigenvalue weighted by molar-refractivity contribution is -0.130. The Labute approximate surface area is 127 Å². The molecule has 1 saturated heterocycles. The van der Waals surface area contributed by atoms with E-state index in [1.54, 1.807) is 19.3 Å². The molecule has 0 radical (unpaired) electrons. The van der Waals surface area contributed by atoms with Gasteiger partial charge in [0.05, 0.1) is 12.2 Å². The summed E-state index contributed by atoms with van der Waals surface area (Å²) in [5.41, 5.74) is 1.87. The molecule has 21 heavy (non-hydrogen) atoms. The second-order valence-corrected chi connectivity index (χ2v) is 5.53. The molecule has 2 aromatic heterocycles. The van der Waals surface area contributed by atoms with Gasteiger partial charge in [-0.25, -0.2) is 9.97 Å². The summed E-state index contributed by atoms with van der Waals surface area (Å²) in [7, 11) is 0. The number of piperidine rings is 1. The SMILES string of the molecule is CC(=O)N1CCC(n2cc(-c3cnc(Cl)nc3)cn2)CC1. The molecule has 1 fully saturated rings. The maximum absolute atomic E-state index is 11.3. The van der Waals surface area contributed by atoms with Crippen molar-refractivity contribution in [3.05, 3.63) is 30.1 Å². The zero-order chi connectivity index (χ0) is 14.8. The molecule has 0 aliphatic carbocycles. The minimum atomic E-state index is 0.146. The van der Waals surface area contributed by atoms with Gasteiger partial charge in [-0.05, 0) is 24.4 Å². The van der Waals surface area contributed by atoms with Crippen LogP contribution in [0.25, 0.3) is 11.1 Å². The first-order valence-electron chi connectivity index (χ1n) is 6.91. The van der Waals surface area contributed by atoms with Gasteiger partial charge < -0.3 is 4.90 Å². The van der Waals surface area contributed by atoms with Gasteiger partial charge >= 0.3 is 0 Å². The first kappa shape index (κ1) is 14.0. The number of hydrogen-bond acceptors (Lipinski definition) is 4. The van der Waals surface area contributed by atoms with Crippen molar-refractivity contribution in [1.29, 1.82) is 0 Å². The van der Waals surface area contributed by atoms with Gasteiger partial charge in [0.2, 0.25) is 11.2 Å². The van der Waals surface area contributed by atoms with Crippen molar-refractivity contribution >= 4 is 17.5 Å². The minimum absolute atomic E-state index is 0.146. The zero-order valence-electron chi connectivity index (χ0n) is 11.7. The summed E-state index contributed by atoms with van der Waals surface area (Å²) < 4.78 is 1.97. The Morgan fingerprint density at radius 2 is 1.86 bits per heavy atom. The predicted molar refractivity (Wildman–Crippen MR) is 78.8 cm³/mol. The van der Waals surface area contributed by atoms with E-state index >= 15 is 0 Å². The molecule has 6 nitrogen and oxygen atoms in total. The van der Waals surface area contributed by atoms with Crippen LogP contribution in [0.2, 0.25) is 5.28 Å². The average molecular weight is 306 g/mol. The van der Waals surface area contributed by atoms with Crippen LogP contribution in [-0.2, 0) is 4.79 Å². The highest BCUT2D eigenvalue weighted by Crippen LogP contribution is 2.25. The summed E-state index contributed by atoms with van der Waals surface area (Å²) in [6.07, 6.45) is 9.05. The van der Waals surface area contributed by atoms with Gasteiger partial charge in [0, 0.05) is 49.7 Å². The first-order chi connectivity index (χ1) is 10.1. The van der Waals surface area contributed by atoms with Gasteiger partial charge in [-0.2, -0.15) is 5.10 Å². The number of rotatable bonds is 2. The Morgan fingerprint density at radius 1 is 1.19 bits per heavy atom. The molecule has 110 valence electrons. The number of carbonyl (C=O) groups is 1. The number of carbonyl (C=O) groups excluding carboxylic acids is 1. The molecular formula is C14H16ClN5O. The third-order valence-corrected chi connectivity index (χ3v) is 4.03. The fourth-order valence-electron chi connectivity index (χ4n) is 2.59.